The van der Waals surface area contributed by atoms with E-state index in [0.29, 0.717) is 12.5 Å². The Balaban J connectivity index is 2.15. The lowest BCUT2D eigenvalue weighted by molar-refractivity contribution is 0.214. The largest absolute Gasteiger partial charge is 0.396 e. The zero-order chi connectivity index (χ0) is 5.98. The van der Waals surface area contributed by atoms with Crippen LogP contribution in [0.5, 0.6) is 0 Å². The molecule has 8 heavy (non-hydrogen) atoms. The van der Waals surface area contributed by atoms with Crippen LogP contribution in [0.15, 0.2) is 0 Å². The molecular formula is C6H13NO. The summed E-state index contributed by atoms with van der Waals surface area (Å²) >= 11 is 0. The van der Waals surface area contributed by atoms with Crippen molar-refractivity contribution < 1.29 is 5.11 Å². The van der Waals surface area contributed by atoms with Crippen molar-refractivity contribution in [2.45, 2.75) is 12.8 Å². The highest BCUT2D eigenvalue weighted by Crippen LogP contribution is 2.35. The Morgan fingerprint density at radius 3 is 2.38 bits per heavy atom. The first kappa shape index (κ1) is 6.05. The summed E-state index contributed by atoms with van der Waals surface area (Å²) in [4.78, 5) is 0. The van der Waals surface area contributed by atoms with Crippen LogP contribution >= 0.6 is 0 Å². The van der Waals surface area contributed by atoms with Crippen LogP contribution in [-0.4, -0.2) is 18.3 Å². The normalized spacial score (nSPS) is 23.2. The van der Waals surface area contributed by atoms with Crippen molar-refractivity contribution in [2.24, 2.45) is 17.6 Å². The molecule has 0 bridgehead atoms. The van der Waals surface area contributed by atoms with Gasteiger partial charge in [-0.2, -0.15) is 0 Å². The molecule has 0 aliphatic heterocycles. The van der Waals surface area contributed by atoms with Gasteiger partial charge in [0.05, 0.1) is 0 Å². The lowest BCUT2D eigenvalue weighted by atomic mass is 10.1. The lowest BCUT2D eigenvalue weighted by Crippen LogP contribution is -2.19. The first-order chi connectivity index (χ1) is 3.88. The molecular weight excluding hydrogens is 102 g/mol. The van der Waals surface area contributed by atoms with Crippen molar-refractivity contribution >= 4 is 0 Å². The maximum Gasteiger partial charge on any atom is 0.0473 e. The molecule has 1 fully saturated rings. The second-order valence-electron chi connectivity index (χ2n) is 2.52. The van der Waals surface area contributed by atoms with E-state index in [4.69, 9.17) is 10.8 Å². The van der Waals surface area contributed by atoms with E-state index in [1.165, 1.54) is 12.8 Å². The summed E-state index contributed by atoms with van der Waals surface area (Å²) < 4.78 is 0. The predicted molar refractivity (Wildman–Crippen MR) is 32.4 cm³/mol. The van der Waals surface area contributed by atoms with Crippen LogP contribution in [0, 0.1) is 11.8 Å². The van der Waals surface area contributed by atoms with Crippen molar-refractivity contribution in [2.75, 3.05) is 13.2 Å². The highest BCUT2D eigenvalue weighted by atomic mass is 16.3. The molecule has 1 atom stereocenters. The number of rotatable bonds is 3. The number of hydrogen-bond acceptors (Lipinski definition) is 2. The van der Waals surface area contributed by atoms with Crippen LogP contribution in [0.1, 0.15) is 12.8 Å². The molecule has 0 aromatic rings. The molecule has 1 aliphatic rings. The quantitative estimate of drug-likeness (QED) is 0.542. The summed E-state index contributed by atoms with van der Waals surface area (Å²) in [5, 5.41) is 8.66. The molecule has 0 aromatic heterocycles. The van der Waals surface area contributed by atoms with Crippen molar-refractivity contribution in [3.05, 3.63) is 0 Å². The third kappa shape index (κ3) is 1.20. The van der Waals surface area contributed by atoms with E-state index >= 15 is 0 Å². The fraction of sp³-hybridized carbons (Fsp3) is 1.00. The number of hydrogen-bond donors (Lipinski definition) is 2. The van der Waals surface area contributed by atoms with E-state index < -0.39 is 0 Å². The van der Waals surface area contributed by atoms with Crippen LogP contribution in [0.2, 0.25) is 0 Å². The lowest BCUT2D eigenvalue weighted by Gasteiger charge is -2.07. The predicted octanol–water partition coefficient (Wildman–Crippen LogP) is -0.0364. The van der Waals surface area contributed by atoms with Crippen molar-refractivity contribution in [1.82, 2.24) is 0 Å². The van der Waals surface area contributed by atoms with Gasteiger partial charge in [0.15, 0.2) is 0 Å². The molecule has 1 aliphatic carbocycles. The molecule has 3 N–H and O–H groups in total. The van der Waals surface area contributed by atoms with Crippen molar-refractivity contribution in [3.8, 4) is 0 Å². The van der Waals surface area contributed by atoms with Gasteiger partial charge in [0.25, 0.3) is 0 Å². The SMILES string of the molecule is NCC(CO)C1CC1. The molecule has 2 heteroatoms. The van der Waals surface area contributed by atoms with E-state index in [1.54, 1.807) is 0 Å². The molecule has 1 unspecified atom stereocenters. The molecule has 0 amide bonds. The molecule has 0 saturated heterocycles. The van der Waals surface area contributed by atoms with Crippen molar-refractivity contribution in [3.63, 3.8) is 0 Å². The molecule has 2 nitrogen and oxygen atoms in total. The maximum atomic E-state index is 8.66. The van der Waals surface area contributed by atoms with E-state index in [-0.39, 0.29) is 6.61 Å². The van der Waals surface area contributed by atoms with Gasteiger partial charge in [-0.05, 0) is 31.2 Å². The van der Waals surface area contributed by atoms with E-state index in [0.717, 1.165) is 5.92 Å². The fourth-order valence-electron chi connectivity index (χ4n) is 0.984. The summed E-state index contributed by atoms with van der Waals surface area (Å²) in [5.74, 6) is 1.15. The summed E-state index contributed by atoms with van der Waals surface area (Å²) in [7, 11) is 0. The maximum absolute atomic E-state index is 8.66. The molecule has 0 spiro atoms. The van der Waals surface area contributed by atoms with Gasteiger partial charge in [0, 0.05) is 6.61 Å². The minimum atomic E-state index is 0.279. The third-order valence-electron chi connectivity index (χ3n) is 1.83. The molecule has 0 radical (unpaired) electrons. The monoisotopic (exact) mass is 115 g/mol. The zero-order valence-electron chi connectivity index (χ0n) is 5.01. The Labute approximate surface area is 49.7 Å². The number of nitrogens with two attached hydrogens (primary N) is 1. The van der Waals surface area contributed by atoms with E-state index in [2.05, 4.69) is 0 Å². The highest BCUT2D eigenvalue weighted by Gasteiger charge is 2.29. The van der Waals surface area contributed by atoms with Gasteiger partial charge in [-0.15, -0.1) is 0 Å². The smallest absolute Gasteiger partial charge is 0.0473 e. The van der Waals surface area contributed by atoms with Gasteiger partial charge < -0.3 is 10.8 Å². The second kappa shape index (κ2) is 2.46. The van der Waals surface area contributed by atoms with Gasteiger partial charge in [-0.25, -0.2) is 0 Å². The van der Waals surface area contributed by atoms with Gasteiger partial charge in [0.2, 0.25) is 0 Å². The third-order valence-corrected chi connectivity index (χ3v) is 1.83. The first-order valence-corrected chi connectivity index (χ1v) is 3.19. The molecule has 0 aromatic carbocycles. The van der Waals surface area contributed by atoms with E-state index in [1.807, 2.05) is 0 Å². The Bertz CT molecular complexity index is 66.9. The highest BCUT2D eigenvalue weighted by molar-refractivity contribution is 4.80. The minimum Gasteiger partial charge on any atom is -0.396 e. The van der Waals surface area contributed by atoms with Crippen LogP contribution < -0.4 is 5.73 Å². The summed E-state index contributed by atoms with van der Waals surface area (Å²) in [6.45, 7) is 0.933. The summed E-state index contributed by atoms with van der Waals surface area (Å²) in [6.07, 6.45) is 2.56. The summed E-state index contributed by atoms with van der Waals surface area (Å²) in [6, 6.07) is 0. The van der Waals surface area contributed by atoms with Crippen molar-refractivity contribution in [1.29, 1.82) is 0 Å². The minimum absolute atomic E-state index is 0.279. The van der Waals surface area contributed by atoms with E-state index in [9.17, 15) is 0 Å². The Kier molecular flexibility index (Phi) is 1.86. The molecule has 48 valence electrons. The first-order valence-electron chi connectivity index (χ1n) is 3.19. The fourth-order valence-corrected chi connectivity index (χ4v) is 0.984. The Morgan fingerprint density at radius 2 is 2.25 bits per heavy atom. The van der Waals surface area contributed by atoms with Gasteiger partial charge in [-0.1, -0.05) is 0 Å². The average molecular weight is 115 g/mol. The Hall–Kier alpha value is -0.0800. The van der Waals surface area contributed by atoms with Gasteiger partial charge >= 0.3 is 0 Å². The van der Waals surface area contributed by atoms with Crippen LogP contribution in [0.25, 0.3) is 0 Å². The number of aliphatic hydroxyl groups excluding tert-OH is 1. The molecule has 1 saturated carbocycles. The van der Waals surface area contributed by atoms with Crippen LogP contribution in [-0.2, 0) is 0 Å². The number of aliphatic hydroxyl groups is 1. The average Bonchev–Trinajstić information content (AvgIpc) is 2.53. The Morgan fingerprint density at radius 1 is 1.62 bits per heavy atom. The second-order valence-corrected chi connectivity index (χ2v) is 2.52. The standard InChI is InChI=1S/C6H13NO/c7-3-6(4-8)5-1-2-5/h5-6,8H,1-4,7H2. The van der Waals surface area contributed by atoms with Crippen LogP contribution in [0.4, 0.5) is 0 Å². The topological polar surface area (TPSA) is 46.2 Å². The van der Waals surface area contributed by atoms with Crippen LogP contribution in [0.3, 0.4) is 0 Å². The van der Waals surface area contributed by atoms with Gasteiger partial charge in [-0.3, -0.25) is 0 Å². The molecule has 1 rings (SSSR count). The van der Waals surface area contributed by atoms with Gasteiger partial charge in [0.1, 0.15) is 0 Å². The zero-order valence-corrected chi connectivity index (χ0v) is 5.01. The summed E-state index contributed by atoms with van der Waals surface area (Å²) in [5.41, 5.74) is 5.36. The molecule has 0 heterocycles.